The summed E-state index contributed by atoms with van der Waals surface area (Å²) in [6.45, 7) is 10.4. The topological polar surface area (TPSA) is 30.5 Å². The first-order valence-electron chi connectivity index (χ1n) is 6.50. The molecular weight excluding hydrogens is 200 g/mol. The lowest BCUT2D eigenvalue weighted by Crippen LogP contribution is -2.50. The minimum Gasteiger partial charge on any atom is -0.315 e. The highest BCUT2D eigenvalue weighted by atomic mass is 15.2. The monoisotopic (exact) mass is 228 g/mol. The zero-order valence-corrected chi connectivity index (χ0v) is 11.1. The van der Waals surface area contributed by atoms with E-state index in [1.807, 2.05) is 0 Å². The maximum Gasteiger partial charge on any atom is 0.0193 e. The third-order valence-corrected chi connectivity index (χ3v) is 3.17. The summed E-state index contributed by atoms with van der Waals surface area (Å²) in [6, 6.07) is 0.668. The summed E-state index contributed by atoms with van der Waals surface area (Å²) in [7, 11) is 4.26. The van der Waals surface area contributed by atoms with Gasteiger partial charge in [0.15, 0.2) is 0 Å². The highest BCUT2D eigenvalue weighted by Gasteiger charge is 2.15. The predicted octanol–water partition coefficient (Wildman–Crippen LogP) is -0.179. The highest BCUT2D eigenvalue weighted by molar-refractivity contribution is 4.74. The lowest BCUT2D eigenvalue weighted by molar-refractivity contribution is 0.181. The van der Waals surface area contributed by atoms with E-state index in [0.717, 1.165) is 26.2 Å². The van der Waals surface area contributed by atoms with E-state index in [2.05, 4.69) is 41.5 Å². The molecule has 1 unspecified atom stereocenters. The summed E-state index contributed by atoms with van der Waals surface area (Å²) >= 11 is 0. The molecule has 0 aromatic rings. The van der Waals surface area contributed by atoms with Gasteiger partial charge in [-0.25, -0.2) is 0 Å². The van der Waals surface area contributed by atoms with Gasteiger partial charge in [-0.05, 0) is 40.5 Å². The normalized spacial score (nSPS) is 20.2. The van der Waals surface area contributed by atoms with Gasteiger partial charge in [-0.15, -0.1) is 0 Å². The van der Waals surface area contributed by atoms with Gasteiger partial charge in [0.25, 0.3) is 0 Å². The molecule has 4 heteroatoms. The lowest BCUT2D eigenvalue weighted by atomic mass is 10.2. The quantitative estimate of drug-likeness (QED) is 0.592. The van der Waals surface area contributed by atoms with Gasteiger partial charge >= 0.3 is 0 Å². The van der Waals surface area contributed by atoms with Crippen molar-refractivity contribution in [2.24, 2.45) is 0 Å². The molecule has 0 aromatic carbocycles. The van der Waals surface area contributed by atoms with Crippen molar-refractivity contribution in [2.75, 3.05) is 59.9 Å². The van der Waals surface area contributed by atoms with E-state index >= 15 is 0 Å². The molecule has 1 rings (SSSR count). The van der Waals surface area contributed by atoms with Crippen LogP contribution in [0.1, 0.15) is 13.3 Å². The van der Waals surface area contributed by atoms with E-state index in [9.17, 15) is 0 Å². The second-order valence-corrected chi connectivity index (χ2v) is 5.00. The van der Waals surface area contributed by atoms with Crippen molar-refractivity contribution in [1.82, 2.24) is 20.4 Å². The zero-order valence-electron chi connectivity index (χ0n) is 11.1. The second kappa shape index (κ2) is 8.01. The van der Waals surface area contributed by atoms with Crippen LogP contribution in [0, 0.1) is 0 Å². The van der Waals surface area contributed by atoms with E-state index in [4.69, 9.17) is 0 Å². The molecule has 1 aliphatic heterocycles. The Bertz CT molecular complexity index is 166. The maximum atomic E-state index is 3.55. The Morgan fingerprint density at radius 3 is 2.62 bits per heavy atom. The molecular formula is C12H28N4. The van der Waals surface area contributed by atoms with E-state index in [1.165, 1.54) is 26.1 Å². The molecule has 0 radical (unpaired) electrons. The fourth-order valence-electron chi connectivity index (χ4n) is 2.08. The van der Waals surface area contributed by atoms with Crippen LogP contribution in [0.2, 0.25) is 0 Å². The van der Waals surface area contributed by atoms with E-state index < -0.39 is 0 Å². The summed E-state index contributed by atoms with van der Waals surface area (Å²) in [4.78, 5) is 4.80. The van der Waals surface area contributed by atoms with E-state index in [1.54, 1.807) is 0 Å². The predicted molar refractivity (Wildman–Crippen MR) is 69.9 cm³/mol. The van der Waals surface area contributed by atoms with Crippen LogP contribution in [0.4, 0.5) is 0 Å². The van der Waals surface area contributed by atoms with Crippen molar-refractivity contribution in [3.63, 3.8) is 0 Å². The Morgan fingerprint density at radius 2 is 2.00 bits per heavy atom. The largest absolute Gasteiger partial charge is 0.315 e. The Morgan fingerprint density at radius 1 is 1.31 bits per heavy atom. The van der Waals surface area contributed by atoms with Crippen LogP contribution in [0.15, 0.2) is 0 Å². The van der Waals surface area contributed by atoms with Crippen LogP contribution in [0.25, 0.3) is 0 Å². The second-order valence-electron chi connectivity index (χ2n) is 5.00. The summed E-state index contributed by atoms with van der Waals surface area (Å²) in [6.07, 6.45) is 1.24. The molecule has 2 N–H and O–H groups in total. The van der Waals surface area contributed by atoms with Gasteiger partial charge in [0.1, 0.15) is 0 Å². The zero-order chi connectivity index (χ0) is 11.8. The van der Waals surface area contributed by atoms with E-state index in [0.29, 0.717) is 6.04 Å². The Kier molecular flexibility index (Phi) is 6.96. The average molecular weight is 228 g/mol. The van der Waals surface area contributed by atoms with Crippen LogP contribution in [-0.2, 0) is 0 Å². The number of nitrogens with zero attached hydrogens (tertiary/aromatic N) is 2. The molecule has 1 fully saturated rings. The lowest BCUT2D eigenvalue weighted by Gasteiger charge is -2.33. The highest BCUT2D eigenvalue weighted by Crippen LogP contribution is 1.99. The minimum atomic E-state index is 0.668. The third-order valence-electron chi connectivity index (χ3n) is 3.17. The number of hydrogen-bond donors (Lipinski definition) is 2. The minimum absolute atomic E-state index is 0.668. The van der Waals surface area contributed by atoms with Crippen LogP contribution in [-0.4, -0.2) is 75.8 Å². The van der Waals surface area contributed by atoms with Gasteiger partial charge in [0.2, 0.25) is 0 Å². The molecule has 0 aromatic heterocycles. The molecule has 96 valence electrons. The van der Waals surface area contributed by atoms with Gasteiger partial charge < -0.3 is 15.5 Å². The molecule has 4 nitrogen and oxygen atoms in total. The maximum absolute atomic E-state index is 3.55. The first-order chi connectivity index (χ1) is 7.70. The number of hydrogen-bond acceptors (Lipinski definition) is 4. The summed E-state index contributed by atoms with van der Waals surface area (Å²) in [5.74, 6) is 0. The van der Waals surface area contributed by atoms with Crippen LogP contribution in [0.5, 0.6) is 0 Å². The molecule has 1 saturated heterocycles. The molecule has 16 heavy (non-hydrogen) atoms. The summed E-state index contributed by atoms with van der Waals surface area (Å²) in [5, 5.41) is 6.94. The van der Waals surface area contributed by atoms with Gasteiger partial charge in [-0.2, -0.15) is 0 Å². The molecule has 1 atom stereocenters. The number of nitrogens with one attached hydrogen (secondary N) is 2. The van der Waals surface area contributed by atoms with Crippen molar-refractivity contribution in [2.45, 2.75) is 19.4 Å². The van der Waals surface area contributed by atoms with Crippen molar-refractivity contribution < 1.29 is 0 Å². The number of piperazine rings is 1. The molecule has 1 heterocycles. The van der Waals surface area contributed by atoms with Crippen LogP contribution < -0.4 is 10.6 Å². The molecule has 0 amide bonds. The molecule has 1 aliphatic rings. The molecule has 0 bridgehead atoms. The van der Waals surface area contributed by atoms with Gasteiger partial charge in [0, 0.05) is 38.8 Å². The Labute approximate surface area is 100 Å². The summed E-state index contributed by atoms with van der Waals surface area (Å²) in [5.41, 5.74) is 0. The first-order valence-corrected chi connectivity index (χ1v) is 6.50. The number of rotatable bonds is 7. The van der Waals surface area contributed by atoms with Crippen LogP contribution >= 0.6 is 0 Å². The smallest absolute Gasteiger partial charge is 0.0193 e. The summed E-state index contributed by atoms with van der Waals surface area (Å²) < 4.78 is 0. The average Bonchev–Trinajstić information content (AvgIpc) is 2.29. The van der Waals surface area contributed by atoms with Gasteiger partial charge in [-0.3, -0.25) is 4.90 Å². The molecule has 0 saturated carbocycles. The Balaban J connectivity index is 1.98. The molecule has 0 aliphatic carbocycles. The Hall–Kier alpha value is -0.160. The van der Waals surface area contributed by atoms with Gasteiger partial charge in [-0.1, -0.05) is 0 Å². The fourth-order valence-corrected chi connectivity index (χ4v) is 2.08. The van der Waals surface area contributed by atoms with Crippen molar-refractivity contribution in [1.29, 1.82) is 0 Å². The fraction of sp³-hybridized carbons (Fsp3) is 1.00. The van der Waals surface area contributed by atoms with Crippen molar-refractivity contribution in [3.8, 4) is 0 Å². The first kappa shape index (κ1) is 13.9. The van der Waals surface area contributed by atoms with Crippen molar-refractivity contribution in [3.05, 3.63) is 0 Å². The van der Waals surface area contributed by atoms with E-state index in [-0.39, 0.29) is 0 Å². The van der Waals surface area contributed by atoms with Crippen molar-refractivity contribution >= 4 is 0 Å². The van der Waals surface area contributed by atoms with Gasteiger partial charge in [0.05, 0.1) is 0 Å². The standard InChI is InChI=1S/C12H28N4/c1-12(16-9-6-13-7-10-16)11-14-5-4-8-15(2)3/h12-14H,4-11H2,1-3H3. The SMILES string of the molecule is CC(CNCCCN(C)C)N1CCNCC1. The van der Waals surface area contributed by atoms with Crippen LogP contribution in [0.3, 0.4) is 0 Å². The third kappa shape index (κ3) is 5.80. The molecule has 0 spiro atoms.